The molecule has 58 valence electrons. The van der Waals surface area contributed by atoms with E-state index in [9.17, 15) is 0 Å². The molecular formula is C7H21NU. The predicted octanol–water partition coefficient (Wildman–Crippen LogP) is 3.26. The Balaban J connectivity index is -0.0000000133. The van der Waals surface area contributed by atoms with Crippen molar-refractivity contribution in [2.45, 2.75) is 33.6 Å². The fourth-order valence-corrected chi connectivity index (χ4v) is 0.250. The van der Waals surface area contributed by atoms with Crippen LogP contribution in [-0.2, 0) is 0 Å². The molecule has 0 aliphatic carbocycles. The fraction of sp³-hybridized carbons (Fsp3) is 0.714. The van der Waals surface area contributed by atoms with Crippen molar-refractivity contribution in [1.29, 1.82) is 0 Å². The molecule has 0 atom stereocenters. The van der Waals surface area contributed by atoms with Gasteiger partial charge in [-0.1, -0.05) is 27.2 Å². The molecule has 0 amide bonds. The van der Waals surface area contributed by atoms with Crippen molar-refractivity contribution in [1.82, 2.24) is 6.15 Å². The average molecular weight is 357 g/mol. The summed E-state index contributed by atoms with van der Waals surface area (Å²) in [7, 11) is 0. The van der Waals surface area contributed by atoms with Gasteiger partial charge in [-0.3, -0.25) is 0 Å². The summed E-state index contributed by atoms with van der Waals surface area (Å²) in [5.74, 6) is 0. The summed E-state index contributed by atoms with van der Waals surface area (Å²) in [5, 5.41) is 0. The zero-order valence-corrected chi connectivity index (χ0v) is 10.2. The van der Waals surface area contributed by atoms with E-state index in [0.29, 0.717) is 0 Å². The maximum atomic E-state index is 3.68. The summed E-state index contributed by atoms with van der Waals surface area (Å²) in [6, 6.07) is 0. The van der Waals surface area contributed by atoms with Gasteiger partial charge in [0.25, 0.3) is 0 Å². The molecule has 0 rings (SSSR count). The monoisotopic (exact) mass is 357 g/mol. The Hall–Kier alpha value is 1.01. The molecule has 1 nitrogen and oxygen atoms in total. The Morgan fingerprint density at radius 1 is 1.33 bits per heavy atom. The third kappa shape index (κ3) is 48.8. The zero-order valence-electron chi connectivity index (χ0n) is 6.04. The van der Waals surface area contributed by atoms with Gasteiger partial charge < -0.3 is 20.5 Å². The first kappa shape index (κ1) is 32.4. The molecule has 0 aliphatic heterocycles. The quantitative estimate of drug-likeness (QED) is 0.757. The van der Waals surface area contributed by atoms with E-state index < -0.39 is 0 Å². The van der Waals surface area contributed by atoms with Gasteiger partial charge in [-0.05, 0) is 0 Å². The Bertz CT molecular complexity index is 16.4. The Kier molecular flexibility index (Phi) is 129. The molecule has 0 unspecified atom stereocenters. The van der Waals surface area contributed by atoms with Crippen LogP contribution in [0.1, 0.15) is 33.6 Å². The van der Waals surface area contributed by atoms with Crippen LogP contribution >= 0.6 is 0 Å². The van der Waals surface area contributed by atoms with Crippen LogP contribution in [0.5, 0.6) is 0 Å². The van der Waals surface area contributed by atoms with E-state index in [4.69, 9.17) is 0 Å². The van der Waals surface area contributed by atoms with Crippen molar-refractivity contribution in [2.75, 3.05) is 0 Å². The van der Waals surface area contributed by atoms with Gasteiger partial charge >= 0.3 is 31.1 Å². The van der Waals surface area contributed by atoms with E-state index in [0.717, 1.165) is 6.42 Å². The first-order chi connectivity index (χ1) is 2.41. The number of hydrogen-bond acceptors (Lipinski definition) is 1. The van der Waals surface area contributed by atoms with E-state index in [-0.39, 0.29) is 52.1 Å². The Morgan fingerprint density at radius 2 is 1.67 bits per heavy atom. The minimum Gasteiger partial charge on any atom is -0.358 e. The van der Waals surface area contributed by atoms with E-state index in [2.05, 4.69) is 13.8 Å². The zero-order chi connectivity index (χ0) is 4.12. The molecule has 3 N–H and O–H groups in total. The molecule has 0 aromatic heterocycles. The summed E-state index contributed by atoms with van der Waals surface area (Å²) in [6.07, 6.45) is 3.65. The third-order valence-corrected chi connectivity index (χ3v) is 0.604. The molecule has 0 saturated carbocycles. The third-order valence-electron chi connectivity index (χ3n) is 0.604. The Labute approximate surface area is 85.0 Å². The fourth-order valence-electron chi connectivity index (χ4n) is 0.250. The van der Waals surface area contributed by atoms with Gasteiger partial charge in [-0.25, -0.2) is 0 Å². The molecule has 2 heteroatoms. The van der Waals surface area contributed by atoms with Crippen molar-refractivity contribution in [3.8, 4) is 0 Å². The Morgan fingerprint density at radius 3 is 1.67 bits per heavy atom. The number of rotatable bonds is 2. The molecule has 0 aliphatic rings. The molecule has 0 radical (unpaired) electrons. The van der Waals surface area contributed by atoms with Gasteiger partial charge in [0.15, 0.2) is 0 Å². The molecular weight excluding hydrogens is 336 g/mol. The molecule has 9 heavy (non-hydrogen) atoms. The minimum atomic E-state index is 0. The van der Waals surface area contributed by atoms with Crippen LogP contribution in [0, 0.1) is 45.5 Å². The maximum Gasteiger partial charge on any atom is 2.00 e. The van der Waals surface area contributed by atoms with Crippen LogP contribution in [0.2, 0.25) is 0 Å². The summed E-state index contributed by atoms with van der Waals surface area (Å²) >= 11 is 0. The van der Waals surface area contributed by atoms with Crippen molar-refractivity contribution in [2.24, 2.45) is 0 Å². The molecule has 0 fully saturated rings. The minimum absolute atomic E-state index is 0. The number of hydrogen-bond donors (Lipinski definition) is 1. The smallest absolute Gasteiger partial charge is 0.358 e. The van der Waals surface area contributed by atoms with Crippen LogP contribution in [0.3, 0.4) is 0 Å². The van der Waals surface area contributed by atoms with Crippen LogP contribution in [0.4, 0.5) is 0 Å². The summed E-state index contributed by atoms with van der Waals surface area (Å²) in [5.41, 5.74) is 0. The van der Waals surface area contributed by atoms with E-state index >= 15 is 0 Å². The summed E-state index contributed by atoms with van der Waals surface area (Å²) < 4.78 is 0. The van der Waals surface area contributed by atoms with Gasteiger partial charge in [0.1, 0.15) is 0 Å². The van der Waals surface area contributed by atoms with Crippen LogP contribution in [0.15, 0.2) is 0 Å². The topological polar surface area (TPSA) is 35.0 Å². The van der Waals surface area contributed by atoms with E-state index in [1.54, 1.807) is 0 Å². The van der Waals surface area contributed by atoms with Crippen LogP contribution in [-0.4, -0.2) is 0 Å². The van der Waals surface area contributed by atoms with Crippen molar-refractivity contribution < 1.29 is 31.1 Å². The van der Waals surface area contributed by atoms with Gasteiger partial charge in [0, 0.05) is 0 Å². The first-order valence-electron chi connectivity index (χ1n) is 2.21. The van der Waals surface area contributed by atoms with Gasteiger partial charge in [0.2, 0.25) is 0 Å². The molecule has 0 bridgehead atoms. The van der Waals surface area contributed by atoms with Crippen molar-refractivity contribution in [3.63, 3.8) is 0 Å². The molecule has 0 aromatic rings. The number of unbranched alkanes of at least 4 members (excludes halogenated alkanes) is 2. The molecule has 0 heterocycles. The van der Waals surface area contributed by atoms with E-state index in [1.165, 1.54) is 12.8 Å². The van der Waals surface area contributed by atoms with Crippen LogP contribution in [0.25, 0.3) is 0 Å². The molecule has 0 saturated heterocycles. The molecule has 0 spiro atoms. The average Bonchev–Trinajstić information content (AvgIpc) is 1.41. The van der Waals surface area contributed by atoms with Gasteiger partial charge in [0.05, 0.1) is 0 Å². The van der Waals surface area contributed by atoms with E-state index in [1.807, 2.05) is 0 Å². The van der Waals surface area contributed by atoms with Crippen LogP contribution < -0.4 is 6.15 Å². The second kappa shape index (κ2) is 35.9. The summed E-state index contributed by atoms with van der Waals surface area (Å²) in [6.45, 7) is 5.85. The second-order valence-electron chi connectivity index (χ2n) is 1.21. The predicted molar refractivity (Wildman–Crippen MR) is 43.0 cm³/mol. The summed E-state index contributed by atoms with van der Waals surface area (Å²) in [4.78, 5) is 0. The standard InChI is InChI=1S/C5H11.CH4.CH3.H3N.U/c1-3-5-4-2;;;;/h1,3-5H2,2H3;1H4;2*1H3;/q-1;;-1;;+2. The van der Waals surface area contributed by atoms with Gasteiger partial charge in [-0.2, -0.15) is 6.42 Å². The first-order valence-corrected chi connectivity index (χ1v) is 2.21. The second-order valence-corrected chi connectivity index (χ2v) is 1.21. The van der Waals surface area contributed by atoms with Gasteiger partial charge in [-0.15, -0.1) is 0 Å². The van der Waals surface area contributed by atoms with Crippen molar-refractivity contribution >= 4 is 0 Å². The maximum absolute atomic E-state index is 3.68. The SMILES string of the molecule is C.N.[CH2-]CCCC.[CH3-].[U+2]. The normalized spacial score (nSPS) is 4.67. The van der Waals surface area contributed by atoms with Crippen molar-refractivity contribution in [3.05, 3.63) is 14.4 Å². The largest absolute Gasteiger partial charge is 2.00 e. The molecule has 0 aromatic carbocycles.